The molecule has 1 unspecified atom stereocenters. The van der Waals surface area contributed by atoms with Gasteiger partial charge in [-0.15, -0.1) is 0 Å². The summed E-state index contributed by atoms with van der Waals surface area (Å²) in [6, 6.07) is 3.60. The minimum absolute atomic E-state index is 0.456. The molecular formula is C10H12BrClO3. The second-order valence-corrected chi connectivity index (χ2v) is 4.24. The van der Waals surface area contributed by atoms with Gasteiger partial charge in [-0.25, -0.2) is 0 Å². The minimum Gasteiger partial charge on any atom is -0.493 e. The molecule has 0 heterocycles. The van der Waals surface area contributed by atoms with Crippen LogP contribution in [-0.4, -0.2) is 19.8 Å². The van der Waals surface area contributed by atoms with E-state index in [4.69, 9.17) is 25.8 Å². The van der Waals surface area contributed by atoms with Crippen molar-refractivity contribution in [3.05, 3.63) is 16.6 Å². The summed E-state index contributed by atoms with van der Waals surface area (Å²) in [5.74, 6) is 1.65. The molecule has 0 bridgehead atoms. The number of ether oxygens (including phenoxy) is 3. The number of halogens is 2. The molecule has 0 radical (unpaired) electrons. The predicted molar refractivity (Wildman–Crippen MR) is 63.2 cm³/mol. The molecule has 15 heavy (non-hydrogen) atoms. The van der Waals surface area contributed by atoms with Crippen molar-refractivity contribution in [2.45, 2.75) is 12.5 Å². The molecular weight excluding hydrogens is 283 g/mol. The van der Waals surface area contributed by atoms with Crippen LogP contribution in [0.2, 0.25) is 0 Å². The molecule has 84 valence electrons. The largest absolute Gasteiger partial charge is 0.493 e. The quantitative estimate of drug-likeness (QED) is 0.797. The summed E-state index contributed by atoms with van der Waals surface area (Å²) >= 11 is 9.13. The molecule has 0 amide bonds. The lowest BCUT2D eigenvalue weighted by Gasteiger charge is -2.16. The molecule has 0 aliphatic heterocycles. The summed E-state index contributed by atoms with van der Waals surface area (Å²) in [5, 5.41) is 0. The molecule has 0 saturated heterocycles. The van der Waals surface area contributed by atoms with Crippen LogP contribution in [0, 0.1) is 0 Å². The first-order valence-electron chi connectivity index (χ1n) is 4.31. The molecule has 3 nitrogen and oxygen atoms in total. The van der Waals surface area contributed by atoms with Crippen molar-refractivity contribution in [3.8, 4) is 17.2 Å². The summed E-state index contributed by atoms with van der Waals surface area (Å²) in [6.07, 6.45) is 0. The van der Waals surface area contributed by atoms with Crippen LogP contribution < -0.4 is 14.2 Å². The topological polar surface area (TPSA) is 27.7 Å². The highest BCUT2D eigenvalue weighted by Gasteiger charge is 2.16. The molecule has 1 aromatic carbocycles. The molecule has 0 saturated carbocycles. The third-order valence-electron chi connectivity index (χ3n) is 1.73. The predicted octanol–water partition coefficient (Wildman–Crippen LogP) is 3.43. The van der Waals surface area contributed by atoms with E-state index in [1.807, 2.05) is 6.07 Å². The Bertz CT molecular complexity index is 342. The first-order valence-corrected chi connectivity index (χ1v) is 5.54. The average molecular weight is 296 g/mol. The van der Waals surface area contributed by atoms with E-state index >= 15 is 0 Å². The van der Waals surface area contributed by atoms with Crippen molar-refractivity contribution in [2.24, 2.45) is 0 Å². The Balaban J connectivity index is 3.21. The van der Waals surface area contributed by atoms with Gasteiger partial charge < -0.3 is 14.2 Å². The molecule has 5 heteroatoms. The summed E-state index contributed by atoms with van der Waals surface area (Å²) in [6.45, 7) is 1.72. The highest BCUT2D eigenvalue weighted by molar-refractivity contribution is 9.10. The van der Waals surface area contributed by atoms with Crippen molar-refractivity contribution in [1.82, 2.24) is 0 Å². The van der Waals surface area contributed by atoms with Crippen LogP contribution >= 0.6 is 27.5 Å². The zero-order valence-corrected chi connectivity index (χ0v) is 11.1. The monoisotopic (exact) mass is 294 g/mol. The normalized spacial score (nSPS) is 12.1. The van der Waals surface area contributed by atoms with Crippen LogP contribution in [0.1, 0.15) is 6.92 Å². The van der Waals surface area contributed by atoms with Crippen LogP contribution in [0.15, 0.2) is 16.6 Å². The Morgan fingerprint density at radius 1 is 1.20 bits per heavy atom. The van der Waals surface area contributed by atoms with Gasteiger partial charge in [0, 0.05) is 0 Å². The number of rotatable bonds is 4. The van der Waals surface area contributed by atoms with Gasteiger partial charge in [-0.3, -0.25) is 0 Å². The lowest BCUT2D eigenvalue weighted by molar-refractivity contribution is 0.262. The van der Waals surface area contributed by atoms with E-state index in [-0.39, 0.29) is 0 Å². The van der Waals surface area contributed by atoms with Crippen molar-refractivity contribution < 1.29 is 14.2 Å². The third-order valence-corrected chi connectivity index (χ3v) is 2.45. The second-order valence-electron chi connectivity index (χ2n) is 2.77. The van der Waals surface area contributed by atoms with E-state index in [1.54, 1.807) is 27.2 Å². The van der Waals surface area contributed by atoms with Gasteiger partial charge in [0.05, 0.1) is 18.7 Å². The number of methoxy groups -OCH3 is 2. The van der Waals surface area contributed by atoms with E-state index in [0.717, 1.165) is 4.47 Å². The average Bonchev–Trinajstić information content (AvgIpc) is 2.18. The van der Waals surface area contributed by atoms with Gasteiger partial charge in [0.2, 0.25) is 5.75 Å². The summed E-state index contributed by atoms with van der Waals surface area (Å²) in [7, 11) is 3.12. The van der Waals surface area contributed by atoms with Crippen LogP contribution in [0.25, 0.3) is 0 Å². The van der Waals surface area contributed by atoms with Crippen LogP contribution in [0.5, 0.6) is 17.2 Å². The molecule has 0 aliphatic carbocycles. The second kappa shape index (κ2) is 5.47. The molecule has 1 aromatic rings. The maximum Gasteiger partial charge on any atom is 0.206 e. The Labute approximate surface area is 102 Å². The number of hydrogen-bond donors (Lipinski definition) is 0. The maximum atomic E-state index is 5.77. The summed E-state index contributed by atoms with van der Waals surface area (Å²) < 4.78 is 16.6. The molecule has 0 fully saturated rings. The molecule has 0 N–H and O–H groups in total. The SMILES string of the molecule is COc1ccc(Br)c(OC)c1OC(C)Cl. The highest BCUT2D eigenvalue weighted by atomic mass is 79.9. The zero-order chi connectivity index (χ0) is 11.4. The van der Waals surface area contributed by atoms with Crippen molar-refractivity contribution in [3.63, 3.8) is 0 Å². The van der Waals surface area contributed by atoms with E-state index in [0.29, 0.717) is 17.2 Å². The van der Waals surface area contributed by atoms with E-state index < -0.39 is 5.56 Å². The molecule has 1 atom stereocenters. The van der Waals surface area contributed by atoms with Crippen LogP contribution in [0.3, 0.4) is 0 Å². The van der Waals surface area contributed by atoms with Gasteiger partial charge in [0.1, 0.15) is 0 Å². The van der Waals surface area contributed by atoms with Gasteiger partial charge in [0.25, 0.3) is 0 Å². The lowest BCUT2D eigenvalue weighted by Crippen LogP contribution is -2.05. The van der Waals surface area contributed by atoms with Gasteiger partial charge in [-0.05, 0) is 35.0 Å². The Hall–Kier alpha value is -0.610. The van der Waals surface area contributed by atoms with Crippen LogP contribution in [-0.2, 0) is 0 Å². The minimum atomic E-state index is -0.456. The maximum absolute atomic E-state index is 5.77. The summed E-state index contributed by atoms with van der Waals surface area (Å²) in [4.78, 5) is 0. The molecule has 0 aromatic heterocycles. The first-order chi connectivity index (χ1) is 7.10. The van der Waals surface area contributed by atoms with Gasteiger partial charge >= 0.3 is 0 Å². The van der Waals surface area contributed by atoms with Gasteiger partial charge in [-0.1, -0.05) is 11.6 Å². The fourth-order valence-corrected chi connectivity index (χ4v) is 1.71. The Morgan fingerprint density at radius 2 is 1.87 bits per heavy atom. The lowest BCUT2D eigenvalue weighted by atomic mass is 10.3. The smallest absolute Gasteiger partial charge is 0.206 e. The van der Waals surface area contributed by atoms with Crippen LogP contribution in [0.4, 0.5) is 0 Å². The Kier molecular flexibility index (Phi) is 4.54. The number of hydrogen-bond acceptors (Lipinski definition) is 3. The fraction of sp³-hybridized carbons (Fsp3) is 0.400. The van der Waals surface area contributed by atoms with Crippen molar-refractivity contribution >= 4 is 27.5 Å². The van der Waals surface area contributed by atoms with Gasteiger partial charge in [-0.2, -0.15) is 0 Å². The van der Waals surface area contributed by atoms with E-state index in [2.05, 4.69) is 15.9 Å². The number of benzene rings is 1. The summed E-state index contributed by atoms with van der Waals surface area (Å²) in [5.41, 5.74) is -0.456. The third kappa shape index (κ3) is 2.92. The van der Waals surface area contributed by atoms with E-state index in [1.165, 1.54) is 0 Å². The molecule has 0 spiro atoms. The van der Waals surface area contributed by atoms with Gasteiger partial charge in [0.15, 0.2) is 17.1 Å². The molecule has 0 aliphatic rings. The highest BCUT2D eigenvalue weighted by Crippen LogP contribution is 2.43. The fourth-order valence-electron chi connectivity index (χ4n) is 1.15. The van der Waals surface area contributed by atoms with Crippen molar-refractivity contribution in [1.29, 1.82) is 0 Å². The molecule has 1 rings (SSSR count). The standard InChI is InChI=1S/C10H12BrClO3/c1-6(12)15-10-8(13-2)5-4-7(11)9(10)14-3/h4-6H,1-3H3. The van der Waals surface area contributed by atoms with Crippen molar-refractivity contribution in [2.75, 3.05) is 14.2 Å². The number of alkyl halides is 1. The zero-order valence-electron chi connectivity index (χ0n) is 8.71. The van der Waals surface area contributed by atoms with E-state index in [9.17, 15) is 0 Å². The first kappa shape index (κ1) is 12.5. The Morgan fingerprint density at radius 3 is 2.33 bits per heavy atom.